The number of carbonyl (C=O) groups excluding carboxylic acids is 2. The largest absolute Gasteiger partial charge is 0.349 e. The summed E-state index contributed by atoms with van der Waals surface area (Å²) in [5, 5.41) is 2.58. The first-order chi connectivity index (χ1) is 11.2. The van der Waals surface area contributed by atoms with E-state index in [-0.39, 0.29) is 17.7 Å². The molecule has 0 aromatic heterocycles. The van der Waals surface area contributed by atoms with Crippen LogP contribution in [0.15, 0.2) is 29.2 Å². The smallest absolute Gasteiger partial charge is 0.225 e. The van der Waals surface area contributed by atoms with Crippen LogP contribution in [0, 0.1) is 5.41 Å². The van der Waals surface area contributed by atoms with E-state index in [2.05, 4.69) is 5.32 Å². The summed E-state index contributed by atoms with van der Waals surface area (Å²) < 4.78 is 13.0. The highest BCUT2D eigenvalue weighted by atomic mass is 32.2. The summed E-state index contributed by atoms with van der Waals surface area (Å²) >= 11 is 0. The third-order valence-electron chi connectivity index (χ3n) is 4.39. The first-order valence-corrected chi connectivity index (χ1v) is 9.76. The number of ketones is 1. The molecular formula is C19H27NO3S. The van der Waals surface area contributed by atoms with Crippen molar-refractivity contribution in [2.24, 2.45) is 5.41 Å². The quantitative estimate of drug-likeness (QED) is 0.904. The zero-order chi connectivity index (χ0) is 17.9. The zero-order valence-corrected chi connectivity index (χ0v) is 15.7. The molecule has 4 nitrogen and oxygen atoms in total. The molecule has 0 bridgehead atoms. The van der Waals surface area contributed by atoms with Gasteiger partial charge in [-0.1, -0.05) is 45.4 Å². The molecule has 0 radical (unpaired) electrons. The van der Waals surface area contributed by atoms with E-state index in [1.54, 1.807) is 0 Å². The normalized spacial score (nSPS) is 21.2. The Kier molecular flexibility index (Phi) is 5.97. The zero-order valence-electron chi connectivity index (χ0n) is 14.9. The van der Waals surface area contributed by atoms with E-state index in [1.165, 1.54) is 0 Å². The van der Waals surface area contributed by atoms with Crippen LogP contribution < -0.4 is 5.32 Å². The number of hydrogen-bond donors (Lipinski definition) is 1. The van der Waals surface area contributed by atoms with Gasteiger partial charge < -0.3 is 5.32 Å². The number of hydrogen-bond acceptors (Lipinski definition) is 3. The number of Topliss-reactive ketones (excluding diaryl/α,β-unsaturated/α-hetero) is 1. The lowest BCUT2D eigenvalue weighted by Crippen LogP contribution is -2.37. The minimum absolute atomic E-state index is 0.0515. The summed E-state index contributed by atoms with van der Waals surface area (Å²) in [5.74, 6) is 0.0464. The van der Waals surface area contributed by atoms with Gasteiger partial charge in [-0.25, -0.2) is 0 Å². The summed E-state index contributed by atoms with van der Waals surface area (Å²) in [6, 6.07) is 7.15. The predicted molar refractivity (Wildman–Crippen MR) is 96.1 cm³/mol. The molecule has 1 aliphatic carbocycles. The predicted octanol–water partition coefficient (Wildman–Crippen LogP) is 3.53. The average molecular weight is 349 g/mol. The first-order valence-electron chi connectivity index (χ1n) is 8.55. The van der Waals surface area contributed by atoms with Crippen molar-refractivity contribution in [3.63, 3.8) is 0 Å². The fraction of sp³-hybridized carbons (Fsp3) is 0.579. The minimum Gasteiger partial charge on any atom is -0.349 e. The second kappa shape index (κ2) is 7.60. The lowest BCUT2D eigenvalue weighted by molar-refractivity contribution is -0.129. The maximum absolute atomic E-state index is 13.0. The molecular weight excluding hydrogens is 322 g/mol. The fourth-order valence-electron chi connectivity index (χ4n) is 2.84. The third-order valence-corrected chi connectivity index (χ3v) is 6.21. The molecule has 0 aliphatic heterocycles. The van der Waals surface area contributed by atoms with Gasteiger partial charge in [-0.3, -0.25) is 13.8 Å². The topological polar surface area (TPSA) is 63.2 Å². The second-order valence-electron chi connectivity index (χ2n) is 7.48. The molecule has 1 fully saturated rings. The van der Waals surface area contributed by atoms with E-state index in [1.807, 2.05) is 52.0 Å². The maximum atomic E-state index is 13.0. The Bertz CT molecular complexity index is 648. The monoisotopic (exact) mass is 349 g/mol. The molecule has 1 saturated carbocycles. The van der Waals surface area contributed by atoms with Crippen molar-refractivity contribution in [2.75, 3.05) is 0 Å². The summed E-state index contributed by atoms with van der Waals surface area (Å²) in [6.45, 7) is 7.47. The van der Waals surface area contributed by atoms with Crippen LogP contribution in [0.1, 0.15) is 65.0 Å². The van der Waals surface area contributed by atoms with Gasteiger partial charge in [0.05, 0.1) is 22.1 Å². The van der Waals surface area contributed by atoms with Crippen LogP contribution >= 0.6 is 0 Å². The molecule has 2 rings (SSSR count). The van der Waals surface area contributed by atoms with Crippen molar-refractivity contribution in [2.45, 2.75) is 69.6 Å². The first kappa shape index (κ1) is 18.8. The van der Waals surface area contributed by atoms with Gasteiger partial charge in [-0.15, -0.1) is 0 Å². The number of benzene rings is 1. The number of nitrogens with one attached hydrogen (secondary N) is 1. The van der Waals surface area contributed by atoms with Crippen molar-refractivity contribution in [1.29, 1.82) is 0 Å². The molecule has 5 heteroatoms. The van der Waals surface area contributed by atoms with E-state index in [0.29, 0.717) is 17.7 Å². The van der Waals surface area contributed by atoms with Crippen LogP contribution in [-0.4, -0.2) is 21.1 Å². The molecule has 1 aromatic carbocycles. The van der Waals surface area contributed by atoms with Crippen molar-refractivity contribution < 1.29 is 13.8 Å². The van der Waals surface area contributed by atoms with Crippen LogP contribution in [0.4, 0.5) is 0 Å². The average Bonchev–Trinajstić information content (AvgIpc) is 2.53. The SMILES string of the molecule is C[C@@H](NC(=O)C(C)(C)C)c1ccccc1[S@@](=O)C1CCCCC1=O. The molecule has 0 heterocycles. The van der Waals surface area contributed by atoms with Gasteiger partial charge in [0, 0.05) is 16.7 Å². The molecule has 132 valence electrons. The Labute approximate surface area is 146 Å². The minimum atomic E-state index is -1.37. The Morgan fingerprint density at radius 1 is 1.25 bits per heavy atom. The van der Waals surface area contributed by atoms with Gasteiger partial charge in [-0.2, -0.15) is 0 Å². The van der Waals surface area contributed by atoms with Gasteiger partial charge in [0.15, 0.2) is 0 Å². The van der Waals surface area contributed by atoms with Gasteiger partial charge >= 0.3 is 0 Å². The van der Waals surface area contributed by atoms with Crippen LogP contribution in [0.5, 0.6) is 0 Å². The molecule has 1 unspecified atom stereocenters. The van der Waals surface area contributed by atoms with Gasteiger partial charge in [0.25, 0.3) is 0 Å². The standard InChI is InChI=1S/C19H27NO3S/c1-13(20-18(22)19(2,3)4)14-9-5-7-11-16(14)24(23)17-12-8-6-10-15(17)21/h5,7,9,11,13,17H,6,8,10,12H2,1-4H3,(H,20,22)/t13-,17?,24-/m1/s1. The number of carbonyl (C=O) groups is 2. The van der Waals surface area contributed by atoms with Crippen LogP contribution in [0.2, 0.25) is 0 Å². The lowest BCUT2D eigenvalue weighted by atomic mass is 9.94. The summed E-state index contributed by atoms with van der Waals surface area (Å²) in [6.07, 6.45) is 3.05. The highest BCUT2D eigenvalue weighted by Crippen LogP contribution is 2.28. The maximum Gasteiger partial charge on any atom is 0.225 e. The molecule has 0 spiro atoms. The molecule has 0 saturated heterocycles. The molecule has 1 N–H and O–H groups in total. The number of rotatable bonds is 4. The highest BCUT2D eigenvalue weighted by molar-refractivity contribution is 7.86. The van der Waals surface area contributed by atoms with E-state index in [9.17, 15) is 13.8 Å². The summed E-state index contributed by atoms with van der Waals surface area (Å²) in [4.78, 5) is 25.0. The highest BCUT2D eigenvalue weighted by Gasteiger charge is 2.31. The second-order valence-corrected chi connectivity index (χ2v) is 9.08. The van der Waals surface area contributed by atoms with E-state index in [0.717, 1.165) is 18.4 Å². The van der Waals surface area contributed by atoms with E-state index in [4.69, 9.17) is 0 Å². The Morgan fingerprint density at radius 2 is 1.92 bits per heavy atom. The van der Waals surface area contributed by atoms with E-state index >= 15 is 0 Å². The van der Waals surface area contributed by atoms with Gasteiger partial charge in [-0.05, 0) is 31.4 Å². The molecule has 3 atom stereocenters. The molecule has 24 heavy (non-hydrogen) atoms. The van der Waals surface area contributed by atoms with Crippen molar-refractivity contribution >= 4 is 22.5 Å². The van der Waals surface area contributed by atoms with Crippen LogP contribution in [-0.2, 0) is 20.4 Å². The Morgan fingerprint density at radius 3 is 2.54 bits per heavy atom. The summed E-state index contributed by atoms with van der Waals surface area (Å²) in [7, 11) is -1.37. The van der Waals surface area contributed by atoms with Crippen LogP contribution in [0.3, 0.4) is 0 Å². The van der Waals surface area contributed by atoms with Crippen molar-refractivity contribution in [3.8, 4) is 0 Å². The molecule has 1 amide bonds. The lowest BCUT2D eigenvalue weighted by Gasteiger charge is -2.25. The Balaban J connectivity index is 2.25. The summed E-state index contributed by atoms with van der Waals surface area (Å²) in [5.41, 5.74) is 0.341. The van der Waals surface area contributed by atoms with Crippen molar-refractivity contribution in [1.82, 2.24) is 5.32 Å². The van der Waals surface area contributed by atoms with E-state index < -0.39 is 21.5 Å². The number of amides is 1. The van der Waals surface area contributed by atoms with Gasteiger partial charge in [0.1, 0.15) is 5.78 Å². The fourth-order valence-corrected chi connectivity index (χ4v) is 4.58. The molecule has 1 aromatic rings. The third kappa shape index (κ3) is 4.32. The molecule has 1 aliphatic rings. The van der Waals surface area contributed by atoms with Gasteiger partial charge in [0.2, 0.25) is 5.91 Å². The van der Waals surface area contributed by atoms with Crippen LogP contribution in [0.25, 0.3) is 0 Å². The Hall–Kier alpha value is -1.49. The van der Waals surface area contributed by atoms with Crippen molar-refractivity contribution in [3.05, 3.63) is 29.8 Å².